The zero-order valence-electron chi connectivity index (χ0n) is 17.1. The number of hydrogen-bond acceptors (Lipinski definition) is 3. The van der Waals surface area contributed by atoms with E-state index in [2.05, 4.69) is 21.2 Å². The van der Waals surface area contributed by atoms with Crippen LogP contribution in [0.25, 0.3) is 0 Å². The van der Waals surface area contributed by atoms with Gasteiger partial charge in [-0.1, -0.05) is 58.2 Å². The fourth-order valence-corrected chi connectivity index (χ4v) is 3.38. The molecule has 162 valence electrons. The fraction of sp³-hybridized carbons (Fsp3) is 0.364. The SMILES string of the molecule is CC[C@@H](C)NC(=O)[C@H](C)N(Cc1ccc(Br)cc1)C(=O)COc1ccc(Cl)cc1Cl. The quantitative estimate of drug-likeness (QED) is 0.482. The molecule has 0 aliphatic rings. The van der Waals surface area contributed by atoms with E-state index in [9.17, 15) is 9.59 Å². The van der Waals surface area contributed by atoms with Crippen LogP contribution in [0, 0.1) is 0 Å². The van der Waals surface area contributed by atoms with E-state index in [1.165, 1.54) is 4.90 Å². The van der Waals surface area contributed by atoms with Crippen LogP contribution in [0.3, 0.4) is 0 Å². The number of rotatable bonds is 9. The van der Waals surface area contributed by atoms with Gasteiger partial charge >= 0.3 is 0 Å². The average Bonchev–Trinajstić information content (AvgIpc) is 2.71. The Morgan fingerprint density at radius 3 is 2.40 bits per heavy atom. The summed E-state index contributed by atoms with van der Waals surface area (Å²) in [7, 11) is 0. The highest BCUT2D eigenvalue weighted by Gasteiger charge is 2.27. The molecule has 1 N–H and O–H groups in total. The monoisotopic (exact) mass is 514 g/mol. The Morgan fingerprint density at radius 1 is 1.13 bits per heavy atom. The molecule has 0 saturated heterocycles. The van der Waals surface area contributed by atoms with E-state index in [0.29, 0.717) is 15.8 Å². The molecule has 0 aliphatic heterocycles. The van der Waals surface area contributed by atoms with Gasteiger partial charge in [0.25, 0.3) is 5.91 Å². The number of nitrogens with one attached hydrogen (secondary N) is 1. The number of nitrogens with zero attached hydrogens (tertiary/aromatic N) is 1. The molecular weight excluding hydrogens is 491 g/mol. The predicted molar refractivity (Wildman–Crippen MR) is 124 cm³/mol. The third-order valence-electron chi connectivity index (χ3n) is 4.68. The van der Waals surface area contributed by atoms with Gasteiger partial charge in [-0.2, -0.15) is 0 Å². The van der Waals surface area contributed by atoms with Crippen LogP contribution in [-0.2, 0) is 16.1 Å². The smallest absolute Gasteiger partial charge is 0.261 e. The van der Waals surface area contributed by atoms with Gasteiger partial charge in [0.05, 0.1) is 5.02 Å². The van der Waals surface area contributed by atoms with Crippen molar-refractivity contribution in [3.05, 3.63) is 62.5 Å². The number of carbonyl (C=O) groups is 2. The average molecular weight is 516 g/mol. The molecule has 8 heteroatoms. The Kier molecular flexibility index (Phi) is 9.46. The molecule has 30 heavy (non-hydrogen) atoms. The van der Waals surface area contributed by atoms with Crippen molar-refractivity contribution in [3.63, 3.8) is 0 Å². The third-order valence-corrected chi connectivity index (χ3v) is 5.74. The van der Waals surface area contributed by atoms with Crippen molar-refractivity contribution in [1.82, 2.24) is 10.2 Å². The van der Waals surface area contributed by atoms with Crippen LogP contribution in [0.1, 0.15) is 32.8 Å². The molecule has 0 heterocycles. The Bertz CT molecular complexity index is 877. The van der Waals surface area contributed by atoms with E-state index in [1.807, 2.05) is 38.1 Å². The summed E-state index contributed by atoms with van der Waals surface area (Å²) in [4.78, 5) is 27.2. The topological polar surface area (TPSA) is 58.6 Å². The van der Waals surface area contributed by atoms with Crippen molar-refractivity contribution in [2.75, 3.05) is 6.61 Å². The predicted octanol–water partition coefficient (Wildman–Crippen LogP) is 5.47. The lowest BCUT2D eigenvalue weighted by atomic mass is 10.1. The van der Waals surface area contributed by atoms with Crippen LogP contribution in [0.2, 0.25) is 10.0 Å². The summed E-state index contributed by atoms with van der Waals surface area (Å²) in [6.07, 6.45) is 0.803. The lowest BCUT2D eigenvalue weighted by molar-refractivity contribution is -0.142. The van der Waals surface area contributed by atoms with Gasteiger partial charge in [-0.15, -0.1) is 0 Å². The molecule has 2 aromatic rings. The molecule has 2 aromatic carbocycles. The minimum absolute atomic E-state index is 0.0220. The summed E-state index contributed by atoms with van der Waals surface area (Å²) < 4.78 is 6.54. The molecule has 0 unspecified atom stereocenters. The van der Waals surface area contributed by atoms with E-state index in [-0.39, 0.29) is 31.0 Å². The molecule has 2 amide bonds. The maximum atomic E-state index is 13.0. The Labute approximate surface area is 195 Å². The van der Waals surface area contributed by atoms with E-state index in [1.54, 1.807) is 25.1 Å². The highest BCUT2D eigenvalue weighted by atomic mass is 79.9. The van der Waals surface area contributed by atoms with Crippen molar-refractivity contribution < 1.29 is 14.3 Å². The number of amides is 2. The first kappa shape index (κ1) is 24.5. The molecule has 5 nitrogen and oxygen atoms in total. The minimum atomic E-state index is -0.667. The molecule has 0 aromatic heterocycles. The van der Waals surface area contributed by atoms with E-state index in [0.717, 1.165) is 16.5 Å². The molecular formula is C22H25BrCl2N2O3. The zero-order valence-corrected chi connectivity index (χ0v) is 20.2. The first-order valence-corrected chi connectivity index (χ1v) is 11.2. The van der Waals surface area contributed by atoms with Crippen LogP contribution < -0.4 is 10.1 Å². The number of hydrogen-bond donors (Lipinski definition) is 1. The standard InChI is InChI=1S/C22H25BrCl2N2O3/c1-4-14(2)26-22(29)15(3)27(12-16-5-7-17(23)8-6-16)21(28)13-30-20-10-9-18(24)11-19(20)25/h5-11,14-15H,4,12-13H2,1-3H3,(H,26,29)/t14-,15+/m1/s1. The number of benzene rings is 2. The van der Waals surface area contributed by atoms with Crippen molar-refractivity contribution in [2.24, 2.45) is 0 Å². The second-order valence-electron chi connectivity index (χ2n) is 7.01. The molecule has 2 atom stereocenters. The summed E-state index contributed by atoms with van der Waals surface area (Å²) >= 11 is 15.4. The Balaban J connectivity index is 2.16. The minimum Gasteiger partial charge on any atom is -0.482 e. The van der Waals surface area contributed by atoms with E-state index >= 15 is 0 Å². The van der Waals surface area contributed by atoms with Crippen LogP contribution >= 0.6 is 39.1 Å². The normalized spacial score (nSPS) is 12.7. The lowest BCUT2D eigenvalue weighted by Gasteiger charge is -2.29. The molecule has 0 saturated carbocycles. The van der Waals surface area contributed by atoms with Crippen molar-refractivity contribution in [2.45, 2.75) is 45.8 Å². The summed E-state index contributed by atoms with van der Waals surface area (Å²) in [6, 6.07) is 11.7. The van der Waals surface area contributed by atoms with Gasteiger partial charge < -0.3 is 15.0 Å². The van der Waals surface area contributed by atoms with Crippen LogP contribution in [0.4, 0.5) is 0 Å². The number of halogens is 3. The third kappa shape index (κ3) is 7.18. The summed E-state index contributed by atoms with van der Waals surface area (Å²) in [5, 5.41) is 3.73. The fourth-order valence-electron chi connectivity index (χ4n) is 2.65. The highest BCUT2D eigenvalue weighted by Crippen LogP contribution is 2.27. The van der Waals surface area contributed by atoms with Gasteiger partial charge in [0.15, 0.2) is 6.61 Å². The van der Waals surface area contributed by atoms with Crippen molar-refractivity contribution in [1.29, 1.82) is 0 Å². The van der Waals surface area contributed by atoms with Crippen molar-refractivity contribution >= 4 is 50.9 Å². The molecule has 0 spiro atoms. The van der Waals surface area contributed by atoms with Gasteiger partial charge in [-0.05, 0) is 56.2 Å². The molecule has 0 radical (unpaired) electrons. The Hall–Kier alpha value is -1.76. The largest absolute Gasteiger partial charge is 0.482 e. The zero-order chi connectivity index (χ0) is 22.3. The van der Waals surface area contributed by atoms with E-state index in [4.69, 9.17) is 27.9 Å². The van der Waals surface area contributed by atoms with E-state index < -0.39 is 6.04 Å². The first-order chi connectivity index (χ1) is 14.2. The second-order valence-corrected chi connectivity index (χ2v) is 8.76. The van der Waals surface area contributed by atoms with Gasteiger partial charge in [0, 0.05) is 22.1 Å². The molecule has 0 bridgehead atoms. The van der Waals surface area contributed by atoms with Gasteiger partial charge in [-0.3, -0.25) is 9.59 Å². The van der Waals surface area contributed by atoms with Crippen molar-refractivity contribution in [3.8, 4) is 5.75 Å². The maximum Gasteiger partial charge on any atom is 0.261 e. The highest BCUT2D eigenvalue weighted by molar-refractivity contribution is 9.10. The summed E-state index contributed by atoms with van der Waals surface area (Å²) in [6.45, 7) is 5.66. The van der Waals surface area contributed by atoms with Crippen LogP contribution in [0.15, 0.2) is 46.9 Å². The maximum absolute atomic E-state index is 13.0. The second kappa shape index (κ2) is 11.6. The number of carbonyl (C=O) groups excluding carboxylic acids is 2. The number of ether oxygens (including phenoxy) is 1. The van der Waals surface area contributed by atoms with Gasteiger partial charge in [0.1, 0.15) is 11.8 Å². The van der Waals surface area contributed by atoms with Gasteiger partial charge in [-0.25, -0.2) is 0 Å². The molecule has 2 rings (SSSR count). The molecule has 0 fully saturated rings. The lowest BCUT2D eigenvalue weighted by Crippen LogP contribution is -2.50. The van der Waals surface area contributed by atoms with Gasteiger partial charge in [0.2, 0.25) is 5.91 Å². The van der Waals surface area contributed by atoms with Crippen LogP contribution in [0.5, 0.6) is 5.75 Å². The Morgan fingerprint density at radius 2 is 1.80 bits per heavy atom. The summed E-state index contributed by atoms with van der Waals surface area (Å²) in [5.41, 5.74) is 0.902. The summed E-state index contributed by atoms with van der Waals surface area (Å²) in [5.74, 6) is -0.176. The molecule has 0 aliphatic carbocycles. The first-order valence-electron chi connectivity index (χ1n) is 9.63. The van der Waals surface area contributed by atoms with Crippen LogP contribution in [-0.4, -0.2) is 35.4 Å².